The molecule has 3 N–H and O–H groups in total. The third-order valence-corrected chi connectivity index (χ3v) is 3.70. The highest BCUT2D eigenvalue weighted by Gasteiger charge is 2.24. The van der Waals surface area contributed by atoms with Crippen molar-refractivity contribution < 1.29 is 0 Å². The van der Waals surface area contributed by atoms with Gasteiger partial charge in [-0.25, -0.2) is 4.79 Å². The van der Waals surface area contributed by atoms with Gasteiger partial charge in [0.2, 0.25) is 0 Å². The lowest BCUT2D eigenvalue weighted by Crippen LogP contribution is -2.35. The maximum Gasteiger partial charge on any atom is 0.330 e. The quantitative estimate of drug-likeness (QED) is 0.812. The molecule has 1 aliphatic rings. The summed E-state index contributed by atoms with van der Waals surface area (Å²) in [6.07, 6.45) is 5.42. The second-order valence-corrected chi connectivity index (χ2v) is 4.83. The van der Waals surface area contributed by atoms with E-state index in [0.717, 1.165) is 25.7 Å². The molecular weight excluding hydrogens is 218 g/mol. The van der Waals surface area contributed by atoms with Crippen LogP contribution in [-0.4, -0.2) is 9.55 Å². The van der Waals surface area contributed by atoms with Crippen LogP contribution in [0.5, 0.6) is 0 Å². The zero-order valence-corrected chi connectivity index (χ0v) is 10.1. The molecule has 0 saturated heterocycles. The van der Waals surface area contributed by atoms with Gasteiger partial charge in [-0.1, -0.05) is 26.2 Å². The number of anilines is 1. The number of hydrogen-bond acceptors (Lipinski definition) is 3. The fourth-order valence-corrected chi connectivity index (χ4v) is 2.77. The summed E-state index contributed by atoms with van der Waals surface area (Å²) in [6, 6.07) is 1.43. The summed E-state index contributed by atoms with van der Waals surface area (Å²) in [4.78, 5) is 25.2. The van der Waals surface area contributed by atoms with Gasteiger partial charge in [-0.3, -0.25) is 14.3 Å². The number of nitrogen functional groups attached to an aromatic ring is 1. The average Bonchev–Trinajstić information content (AvgIpc) is 2.28. The minimum Gasteiger partial charge on any atom is -0.385 e. The number of nitrogens with zero attached hydrogens (tertiary/aromatic N) is 1. The fraction of sp³-hybridized carbons (Fsp3) is 0.667. The average molecular weight is 237 g/mol. The van der Waals surface area contributed by atoms with Crippen LogP contribution in [0.4, 0.5) is 5.82 Å². The standard InChI is InChI=1S/C12H19N3O2/c1-2-8-4-3-5-9(6-8)15-10(13)7-11(16)14-12(15)17/h7-9H,2-6,13H2,1H3,(H,14,16,17). The van der Waals surface area contributed by atoms with Crippen LogP contribution in [0.25, 0.3) is 0 Å². The first-order chi connectivity index (χ1) is 8.11. The van der Waals surface area contributed by atoms with Crippen molar-refractivity contribution in [2.24, 2.45) is 5.92 Å². The van der Waals surface area contributed by atoms with Gasteiger partial charge in [-0.05, 0) is 18.8 Å². The smallest absolute Gasteiger partial charge is 0.330 e. The molecule has 1 fully saturated rings. The van der Waals surface area contributed by atoms with Gasteiger partial charge in [0.1, 0.15) is 5.82 Å². The van der Waals surface area contributed by atoms with Gasteiger partial charge in [-0.15, -0.1) is 0 Å². The first-order valence-electron chi connectivity index (χ1n) is 6.23. The van der Waals surface area contributed by atoms with Crippen LogP contribution in [0.15, 0.2) is 15.7 Å². The molecule has 0 aromatic carbocycles. The predicted molar refractivity (Wildman–Crippen MR) is 67.0 cm³/mol. The van der Waals surface area contributed by atoms with E-state index in [2.05, 4.69) is 11.9 Å². The maximum atomic E-state index is 11.8. The summed E-state index contributed by atoms with van der Waals surface area (Å²) in [5, 5.41) is 0. The van der Waals surface area contributed by atoms with Gasteiger partial charge >= 0.3 is 5.69 Å². The van der Waals surface area contributed by atoms with Crippen LogP contribution in [0.3, 0.4) is 0 Å². The van der Waals surface area contributed by atoms with E-state index in [1.54, 1.807) is 4.57 Å². The molecule has 2 atom stereocenters. The van der Waals surface area contributed by atoms with Gasteiger partial charge in [0, 0.05) is 12.1 Å². The second-order valence-electron chi connectivity index (χ2n) is 4.83. The number of H-pyrrole nitrogens is 1. The van der Waals surface area contributed by atoms with Gasteiger partial charge in [0.15, 0.2) is 0 Å². The van der Waals surface area contributed by atoms with Crippen LogP contribution in [-0.2, 0) is 0 Å². The molecule has 94 valence electrons. The lowest BCUT2D eigenvalue weighted by Gasteiger charge is -2.30. The van der Waals surface area contributed by atoms with Crippen LogP contribution in [0, 0.1) is 5.92 Å². The normalized spacial score (nSPS) is 24.8. The van der Waals surface area contributed by atoms with E-state index in [-0.39, 0.29) is 17.5 Å². The molecule has 0 amide bonds. The second kappa shape index (κ2) is 4.77. The van der Waals surface area contributed by atoms with Crippen molar-refractivity contribution in [3.05, 3.63) is 26.9 Å². The summed E-state index contributed by atoms with van der Waals surface area (Å²) < 4.78 is 1.54. The number of nitrogens with one attached hydrogen (secondary N) is 1. The molecule has 1 saturated carbocycles. The van der Waals surface area contributed by atoms with E-state index in [0.29, 0.717) is 5.92 Å². The van der Waals surface area contributed by atoms with Gasteiger partial charge in [0.05, 0.1) is 0 Å². The first kappa shape index (κ1) is 12.0. The largest absolute Gasteiger partial charge is 0.385 e. The number of rotatable bonds is 2. The van der Waals surface area contributed by atoms with E-state index >= 15 is 0 Å². The Morgan fingerprint density at radius 1 is 1.47 bits per heavy atom. The zero-order chi connectivity index (χ0) is 12.4. The molecule has 0 bridgehead atoms. The Bertz CT molecular complexity index is 503. The molecule has 0 spiro atoms. The van der Waals surface area contributed by atoms with Crippen molar-refractivity contribution >= 4 is 5.82 Å². The monoisotopic (exact) mass is 237 g/mol. The molecular formula is C12H19N3O2. The van der Waals surface area contributed by atoms with Crippen molar-refractivity contribution in [1.82, 2.24) is 9.55 Å². The fourth-order valence-electron chi connectivity index (χ4n) is 2.77. The van der Waals surface area contributed by atoms with Crippen LogP contribution in [0.2, 0.25) is 0 Å². The third kappa shape index (κ3) is 2.43. The zero-order valence-electron chi connectivity index (χ0n) is 10.1. The molecule has 5 nitrogen and oxygen atoms in total. The summed E-state index contributed by atoms with van der Waals surface area (Å²) in [6.45, 7) is 2.17. The van der Waals surface area contributed by atoms with Crippen molar-refractivity contribution in [3.8, 4) is 0 Å². The molecule has 2 unspecified atom stereocenters. The topological polar surface area (TPSA) is 80.9 Å². The Morgan fingerprint density at radius 3 is 2.88 bits per heavy atom. The van der Waals surface area contributed by atoms with Crippen molar-refractivity contribution in [1.29, 1.82) is 0 Å². The number of aromatic amines is 1. The minimum atomic E-state index is -0.424. The van der Waals surface area contributed by atoms with E-state index in [4.69, 9.17) is 5.73 Å². The van der Waals surface area contributed by atoms with E-state index in [1.165, 1.54) is 12.5 Å². The Morgan fingerprint density at radius 2 is 2.24 bits per heavy atom. The summed E-state index contributed by atoms with van der Waals surface area (Å²) in [5.41, 5.74) is 4.98. The molecule has 1 aliphatic carbocycles. The minimum absolute atomic E-state index is 0.137. The first-order valence-corrected chi connectivity index (χ1v) is 6.23. The Kier molecular flexibility index (Phi) is 3.36. The van der Waals surface area contributed by atoms with Crippen molar-refractivity contribution in [2.75, 3.05) is 5.73 Å². The number of aromatic nitrogens is 2. The van der Waals surface area contributed by atoms with Crippen LogP contribution >= 0.6 is 0 Å². The van der Waals surface area contributed by atoms with Crippen LogP contribution in [0.1, 0.15) is 45.1 Å². The molecule has 1 aromatic rings. The molecule has 2 rings (SSSR count). The number of nitrogens with two attached hydrogens (primary N) is 1. The summed E-state index contributed by atoms with van der Waals surface area (Å²) >= 11 is 0. The van der Waals surface area contributed by atoms with E-state index in [1.807, 2.05) is 0 Å². The van der Waals surface area contributed by atoms with E-state index < -0.39 is 5.56 Å². The van der Waals surface area contributed by atoms with Gasteiger partial charge in [-0.2, -0.15) is 0 Å². The van der Waals surface area contributed by atoms with Crippen LogP contribution < -0.4 is 17.0 Å². The molecule has 0 radical (unpaired) electrons. The van der Waals surface area contributed by atoms with Gasteiger partial charge in [0.25, 0.3) is 5.56 Å². The SMILES string of the molecule is CCC1CCCC(n2c(N)cc(=O)[nH]c2=O)C1. The number of hydrogen-bond donors (Lipinski definition) is 2. The lowest BCUT2D eigenvalue weighted by molar-refractivity contribution is 0.257. The summed E-state index contributed by atoms with van der Waals surface area (Å²) in [7, 11) is 0. The predicted octanol–water partition coefficient (Wildman–Crippen LogP) is 1.26. The Hall–Kier alpha value is -1.52. The molecule has 1 heterocycles. The third-order valence-electron chi connectivity index (χ3n) is 3.70. The van der Waals surface area contributed by atoms with Crippen molar-refractivity contribution in [3.63, 3.8) is 0 Å². The Labute approximate surface area is 99.7 Å². The highest BCUT2D eigenvalue weighted by atomic mass is 16.2. The van der Waals surface area contributed by atoms with E-state index in [9.17, 15) is 9.59 Å². The molecule has 1 aromatic heterocycles. The highest BCUT2D eigenvalue weighted by molar-refractivity contribution is 5.27. The molecule has 17 heavy (non-hydrogen) atoms. The van der Waals surface area contributed by atoms with Crippen molar-refractivity contribution in [2.45, 2.75) is 45.1 Å². The van der Waals surface area contributed by atoms with Gasteiger partial charge < -0.3 is 5.73 Å². The Balaban J connectivity index is 2.34. The molecule has 5 heteroatoms. The molecule has 0 aliphatic heterocycles. The lowest BCUT2D eigenvalue weighted by atomic mass is 9.84. The highest BCUT2D eigenvalue weighted by Crippen LogP contribution is 2.34. The maximum absolute atomic E-state index is 11.8. The summed E-state index contributed by atoms with van der Waals surface area (Å²) in [5.74, 6) is 0.937.